The lowest BCUT2D eigenvalue weighted by atomic mass is 10.1. The Hall–Kier alpha value is -1.60. The van der Waals surface area contributed by atoms with Gasteiger partial charge in [-0.15, -0.1) is 0 Å². The van der Waals surface area contributed by atoms with E-state index >= 15 is 0 Å². The summed E-state index contributed by atoms with van der Waals surface area (Å²) in [5, 5.41) is 2.90. The number of carbonyl (C=O) groups excluding carboxylic acids is 1. The summed E-state index contributed by atoms with van der Waals surface area (Å²) in [4.78, 5) is 12.2. The van der Waals surface area contributed by atoms with Crippen LogP contribution in [0, 0.1) is 10.5 Å². The average molecular weight is 367 g/mol. The number of anilines is 2. The number of nitrogen functional groups attached to an aromatic ring is 1. The molecule has 4 nitrogen and oxygen atoms in total. The first-order valence-electron chi connectivity index (χ1n) is 5.75. The van der Waals surface area contributed by atoms with Crippen molar-refractivity contribution in [1.82, 2.24) is 0 Å². The molecule has 0 unspecified atom stereocenters. The second-order valence-electron chi connectivity index (χ2n) is 4.06. The summed E-state index contributed by atoms with van der Waals surface area (Å²) in [6.45, 7) is 1.98. The van der Waals surface area contributed by atoms with Crippen LogP contribution in [0.4, 0.5) is 11.4 Å². The van der Waals surface area contributed by atoms with E-state index in [9.17, 15) is 4.79 Å². The van der Waals surface area contributed by atoms with Crippen LogP contribution in [-0.4, -0.2) is 5.91 Å². The fraction of sp³-hybridized carbons (Fsp3) is 0.0714. The van der Waals surface area contributed by atoms with Crippen LogP contribution in [0.25, 0.3) is 0 Å². The molecule has 0 saturated carbocycles. The molecule has 0 aliphatic heterocycles. The Kier molecular flexibility index (Phi) is 4.39. The molecule has 0 aromatic heterocycles. The summed E-state index contributed by atoms with van der Waals surface area (Å²) < 4.78 is 1.11. The number of hydrazine groups is 1. The molecule has 0 fully saturated rings. The molecule has 0 heterocycles. The zero-order chi connectivity index (χ0) is 13.8. The van der Waals surface area contributed by atoms with E-state index in [0.717, 1.165) is 14.8 Å². The lowest BCUT2D eigenvalue weighted by Gasteiger charge is -2.12. The third-order valence-electron chi connectivity index (χ3n) is 2.84. The van der Waals surface area contributed by atoms with Crippen LogP contribution in [0.15, 0.2) is 42.5 Å². The van der Waals surface area contributed by atoms with E-state index in [4.69, 9.17) is 5.84 Å². The third kappa shape index (κ3) is 3.05. The van der Waals surface area contributed by atoms with Crippen molar-refractivity contribution in [3.8, 4) is 0 Å². The molecule has 0 aliphatic carbocycles. The Morgan fingerprint density at radius 1 is 1.11 bits per heavy atom. The van der Waals surface area contributed by atoms with Crippen LogP contribution >= 0.6 is 22.6 Å². The van der Waals surface area contributed by atoms with E-state index in [-0.39, 0.29) is 5.91 Å². The minimum Gasteiger partial charge on any atom is -0.323 e. The Morgan fingerprint density at radius 2 is 1.79 bits per heavy atom. The number of nitrogens with two attached hydrogens (primary N) is 1. The molecule has 5 heteroatoms. The smallest absolute Gasteiger partial charge is 0.257 e. The molecule has 19 heavy (non-hydrogen) atoms. The number of carbonyl (C=O) groups is 1. The Balaban J connectivity index is 2.28. The van der Waals surface area contributed by atoms with Crippen LogP contribution in [0.1, 0.15) is 15.9 Å². The number of rotatable bonds is 3. The first-order chi connectivity index (χ1) is 9.13. The standard InChI is InChI=1S/C14H14IN3O/c1-9-11(15)6-4-8-12(9)17-14(19)10-5-2-3-7-13(10)18-16/h2-8,18H,16H2,1H3,(H,17,19). The van der Waals surface area contributed by atoms with Crippen molar-refractivity contribution in [2.75, 3.05) is 10.7 Å². The number of para-hydroxylation sites is 1. The van der Waals surface area contributed by atoms with Crippen molar-refractivity contribution >= 4 is 39.9 Å². The first-order valence-corrected chi connectivity index (χ1v) is 6.83. The monoisotopic (exact) mass is 367 g/mol. The van der Waals surface area contributed by atoms with Crippen molar-refractivity contribution in [3.05, 3.63) is 57.2 Å². The number of benzene rings is 2. The van der Waals surface area contributed by atoms with Crippen LogP contribution in [0.5, 0.6) is 0 Å². The Bertz CT molecular complexity index is 613. The highest BCUT2D eigenvalue weighted by molar-refractivity contribution is 14.1. The summed E-state index contributed by atoms with van der Waals surface area (Å²) >= 11 is 2.24. The van der Waals surface area contributed by atoms with Gasteiger partial charge in [0.2, 0.25) is 0 Å². The van der Waals surface area contributed by atoms with E-state index < -0.39 is 0 Å². The lowest BCUT2D eigenvalue weighted by molar-refractivity contribution is 0.102. The predicted molar refractivity (Wildman–Crippen MR) is 86.1 cm³/mol. The highest BCUT2D eigenvalue weighted by Gasteiger charge is 2.12. The van der Waals surface area contributed by atoms with Gasteiger partial charge >= 0.3 is 0 Å². The summed E-state index contributed by atoms with van der Waals surface area (Å²) in [6.07, 6.45) is 0. The van der Waals surface area contributed by atoms with Gasteiger partial charge in [0.15, 0.2) is 0 Å². The molecule has 2 aromatic rings. The largest absolute Gasteiger partial charge is 0.323 e. The summed E-state index contributed by atoms with van der Waals surface area (Å²) in [5.41, 5.74) is 5.50. The normalized spacial score (nSPS) is 10.1. The molecule has 2 aromatic carbocycles. The first kappa shape index (κ1) is 13.8. The van der Waals surface area contributed by atoms with Gasteiger partial charge in [-0.1, -0.05) is 18.2 Å². The second kappa shape index (κ2) is 6.03. The molecule has 0 spiro atoms. The van der Waals surface area contributed by atoms with Crippen molar-refractivity contribution in [3.63, 3.8) is 0 Å². The molecule has 0 bridgehead atoms. The maximum Gasteiger partial charge on any atom is 0.257 e. The van der Waals surface area contributed by atoms with Gasteiger partial charge in [-0.25, -0.2) is 0 Å². The molecule has 0 aliphatic rings. The van der Waals surface area contributed by atoms with Crippen molar-refractivity contribution < 1.29 is 4.79 Å². The molecular formula is C14H14IN3O. The number of amides is 1. The zero-order valence-corrected chi connectivity index (χ0v) is 12.6. The van der Waals surface area contributed by atoms with Gasteiger partial charge in [0.1, 0.15) is 0 Å². The minimum absolute atomic E-state index is 0.182. The number of hydrogen-bond donors (Lipinski definition) is 3. The van der Waals surface area contributed by atoms with Gasteiger partial charge in [-0.2, -0.15) is 0 Å². The maximum absolute atomic E-state index is 12.2. The Morgan fingerprint density at radius 3 is 2.53 bits per heavy atom. The molecule has 0 atom stereocenters. The molecule has 4 N–H and O–H groups in total. The predicted octanol–water partition coefficient (Wildman–Crippen LogP) is 3.14. The van der Waals surface area contributed by atoms with E-state index in [1.54, 1.807) is 18.2 Å². The third-order valence-corrected chi connectivity index (χ3v) is 4.01. The van der Waals surface area contributed by atoms with E-state index in [0.29, 0.717) is 11.3 Å². The minimum atomic E-state index is -0.182. The number of hydrogen-bond acceptors (Lipinski definition) is 3. The highest BCUT2D eigenvalue weighted by Crippen LogP contribution is 2.22. The molecule has 0 saturated heterocycles. The quantitative estimate of drug-likeness (QED) is 0.444. The van der Waals surface area contributed by atoms with Gasteiger partial charge in [0.05, 0.1) is 11.3 Å². The van der Waals surface area contributed by atoms with Crippen molar-refractivity contribution in [2.24, 2.45) is 5.84 Å². The number of halogens is 1. The van der Waals surface area contributed by atoms with Gasteiger partial charge in [-0.3, -0.25) is 10.6 Å². The average Bonchev–Trinajstić information content (AvgIpc) is 2.43. The summed E-state index contributed by atoms with van der Waals surface area (Å²) in [5.74, 6) is 5.22. The van der Waals surface area contributed by atoms with Crippen molar-refractivity contribution in [2.45, 2.75) is 6.92 Å². The van der Waals surface area contributed by atoms with Crippen molar-refractivity contribution in [1.29, 1.82) is 0 Å². The fourth-order valence-corrected chi connectivity index (χ4v) is 2.24. The molecule has 98 valence electrons. The molecule has 1 amide bonds. The van der Waals surface area contributed by atoms with Gasteiger partial charge < -0.3 is 10.7 Å². The number of nitrogens with one attached hydrogen (secondary N) is 2. The highest BCUT2D eigenvalue weighted by atomic mass is 127. The lowest BCUT2D eigenvalue weighted by Crippen LogP contribution is -2.17. The van der Waals surface area contributed by atoms with Crippen LogP contribution in [0.2, 0.25) is 0 Å². The summed E-state index contributed by atoms with van der Waals surface area (Å²) in [7, 11) is 0. The van der Waals surface area contributed by atoms with E-state index in [2.05, 4.69) is 33.3 Å². The van der Waals surface area contributed by atoms with Crippen LogP contribution < -0.4 is 16.6 Å². The fourth-order valence-electron chi connectivity index (χ4n) is 1.74. The molecule has 2 rings (SSSR count). The topological polar surface area (TPSA) is 67.2 Å². The van der Waals surface area contributed by atoms with Crippen LogP contribution in [-0.2, 0) is 0 Å². The molecular weight excluding hydrogens is 353 g/mol. The van der Waals surface area contributed by atoms with Gasteiger partial charge in [0, 0.05) is 9.26 Å². The van der Waals surface area contributed by atoms with Gasteiger partial charge in [0.25, 0.3) is 5.91 Å². The summed E-state index contributed by atoms with van der Waals surface area (Å²) in [6, 6.07) is 12.9. The Labute approximate surface area is 125 Å². The zero-order valence-electron chi connectivity index (χ0n) is 10.4. The van der Waals surface area contributed by atoms with E-state index in [1.807, 2.05) is 31.2 Å². The second-order valence-corrected chi connectivity index (χ2v) is 5.22. The maximum atomic E-state index is 12.2. The SMILES string of the molecule is Cc1c(I)cccc1NC(=O)c1ccccc1NN. The molecule has 0 radical (unpaired) electrons. The van der Waals surface area contributed by atoms with Gasteiger partial charge in [-0.05, 0) is 59.3 Å². The van der Waals surface area contributed by atoms with Crippen LogP contribution in [0.3, 0.4) is 0 Å². The van der Waals surface area contributed by atoms with E-state index in [1.165, 1.54) is 0 Å².